The first-order valence-corrected chi connectivity index (χ1v) is 8.86. The molecule has 122 valence electrons. The molecule has 0 atom stereocenters. The lowest BCUT2D eigenvalue weighted by Gasteiger charge is -2.21. The summed E-state index contributed by atoms with van der Waals surface area (Å²) in [4.78, 5) is 20.6. The zero-order valence-corrected chi connectivity index (χ0v) is 13.4. The zero-order valence-electron chi connectivity index (χ0n) is 12.6. The van der Waals surface area contributed by atoms with E-state index in [9.17, 15) is 13.2 Å². The van der Waals surface area contributed by atoms with Crippen molar-refractivity contribution in [3.63, 3.8) is 0 Å². The molecule has 0 bridgehead atoms. The van der Waals surface area contributed by atoms with Crippen LogP contribution in [-0.4, -0.2) is 59.7 Å². The van der Waals surface area contributed by atoms with E-state index in [-0.39, 0.29) is 17.5 Å². The first-order valence-electron chi connectivity index (χ1n) is 7.42. The van der Waals surface area contributed by atoms with Gasteiger partial charge in [-0.05, 0) is 18.6 Å². The molecule has 1 aromatic carbocycles. The Morgan fingerprint density at radius 3 is 2.57 bits per heavy atom. The number of H-pyrrole nitrogens is 1. The summed E-state index contributed by atoms with van der Waals surface area (Å²) in [6, 6.07) is 9.04. The fraction of sp³-hybridized carbons (Fsp3) is 0.333. The topological polar surface area (TPSA) is 86.4 Å². The third-order valence-electron chi connectivity index (χ3n) is 3.85. The molecule has 1 aliphatic heterocycles. The summed E-state index contributed by atoms with van der Waals surface area (Å²) in [7, 11) is -3.58. The third kappa shape index (κ3) is 3.27. The van der Waals surface area contributed by atoms with Crippen molar-refractivity contribution in [3.8, 4) is 0 Å². The van der Waals surface area contributed by atoms with E-state index in [1.807, 2.05) is 18.2 Å². The van der Waals surface area contributed by atoms with Crippen LogP contribution in [0, 0.1) is 0 Å². The van der Waals surface area contributed by atoms with E-state index in [2.05, 4.69) is 9.97 Å². The molecular weight excluding hydrogens is 316 g/mol. The molecule has 1 aromatic heterocycles. The van der Waals surface area contributed by atoms with Gasteiger partial charge in [0.2, 0.25) is 0 Å². The van der Waals surface area contributed by atoms with Gasteiger partial charge in [-0.3, -0.25) is 4.79 Å². The highest BCUT2D eigenvalue weighted by atomic mass is 32.2. The van der Waals surface area contributed by atoms with E-state index in [0.29, 0.717) is 31.6 Å². The largest absolute Gasteiger partial charge is 0.337 e. The van der Waals surface area contributed by atoms with Crippen LogP contribution in [0.15, 0.2) is 47.9 Å². The minimum Gasteiger partial charge on any atom is -0.337 e. The van der Waals surface area contributed by atoms with Crippen molar-refractivity contribution in [1.29, 1.82) is 0 Å². The normalized spacial score (nSPS) is 17.0. The second-order valence-corrected chi connectivity index (χ2v) is 7.24. The number of aromatic nitrogens is 2. The first kappa shape index (κ1) is 15.7. The van der Waals surface area contributed by atoms with Gasteiger partial charge in [-0.25, -0.2) is 13.4 Å². The Morgan fingerprint density at radius 2 is 1.87 bits per heavy atom. The summed E-state index contributed by atoms with van der Waals surface area (Å²) >= 11 is 0. The average Bonchev–Trinajstić information content (AvgIpc) is 3.00. The average molecular weight is 334 g/mol. The third-order valence-corrected chi connectivity index (χ3v) is 5.68. The van der Waals surface area contributed by atoms with Gasteiger partial charge in [-0.1, -0.05) is 18.2 Å². The highest BCUT2D eigenvalue weighted by Gasteiger charge is 2.29. The van der Waals surface area contributed by atoms with Crippen LogP contribution < -0.4 is 0 Å². The number of nitrogens with one attached hydrogen (secondary N) is 1. The number of benzene rings is 1. The van der Waals surface area contributed by atoms with Crippen molar-refractivity contribution in [3.05, 3.63) is 48.4 Å². The number of carbonyl (C=O) groups is 1. The number of nitrogens with zero attached hydrogens (tertiary/aromatic N) is 3. The van der Waals surface area contributed by atoms with Crippen molar-refractivity contribution in [2.24, 2.45) is 0 Å². The Hall–Kier alpha value is -2.19. The second kappa shape index (κ2) is 6.51. The Morgan fingerprint density at radius 1 is 1.09 bits per heavy atom. The van der Waals surface area contributed by atoms with Gasteiger partial charge in [-0.2, -0.15) is 4.31 Å². The van der Waals surface area contributed by atoms with E-state index >= 15 is 0 Å². The Balaban J connectivity index is 1.72. The quantitative estimate of drug-likeness (QED) is 0.905. The highest BCUT2D eigenvalue weighted by Crippen LogP contribution is 2.16. The van der Waals surface area contributed by atoms with Crippen molar-refractivity contribution in [2.75, 3.05) is 26.2 Å². The number of amides is 1. The first-order chi connectivity index (χ1) is 11.1. The molecule has 0 spiro atoms. The maximum atomic E-state index is 12.5. The van der Waals surface area contributed by atoms with Gasteiger partial charge in [0.15, 0.2) is 5.03 Å². The predicted octanol–water partition coefficient (Wildman–Crippen LogP) is 0.947. The van der Waals surface area contributed by atoms with Crippen LogP contribution in [0.1, 0.15) is 16.8 Å². The molecule has 0 saturated carbocycles. The summed E-state index contributed by atoms with van der Waals surface area (Å²) in [5, 5.41) is 0.0836. The van der Waals surface area contributed by atoms with E-state index in [4.69, 9.17) is 0 Å². The molecule has 3 rings (SSSR count). The van der Waals surface area contributed by atoms with Gasteiger partial charge in [0.05, 0.1) is 12.5 Å². The summed E-state index contributed by atoms with van der Waals surface area (Å²) in [5.74, 6) is -0.0635. The number of imidazole rings is 1. The maximum Gasteiger partial charge on any atom is 0.260 e. The number of rotatable bonds is 3. The van der Waals surface area contributed by atoms with Crippen molar-refractivity contribution in [1.82, 2.24) is 19.2 Å². The minimum atomic E-state index is -3.58. The monoisotopic (exact) mass is 334 g/mol. The predicted molar refractivity (Wildman–Crippen MR) is 84.3 cm³/mol. The van der Waals surface area contributed by atoms with Crippen molar-refractivity contribution >= 4 is 15.9 Å². The second-order valence-electron chi connectivity index (χ2n) is 5.33. The van der Waals surface area contributed by atoms with Crippen LogP contribution in [0.5, 0.6) is 0 Å². The molecule has 23 heavy (non-hydrogen) atoms. The van der Waals surface area contributed by atoms with Crippen LogP contribution in [0.25, 0.3) is 0 Å². The van der Waals surface area contributed by atoms with E-state index in [0.717, 1.165) is 0 Å². The lowest BCUT2D eigenvalue weighted by atomic mass is 10.2. The number of hydrogen-bond acceptors (Lipinski definition) is 4. The standard InChI is InChI=1S/C15H18N4O3S/c20-15(13-5-2-1-3-6-13)18-7-4-8-19(10-9-18)23(21,22)14-11-16-12-17-14/h1-3,5-6,11-12H,4,7-10H2,(H,16,17). The van der Waals surface area contributed by atoms with Gasteiger partial charge in [0.1, 0.15) is 0 Å². The van der Waals surface area contributed by atoms with Crippen LogP contribution in [0.3, 0.4) is 0 Å². The number of sulfonamides is 1. The molecule has 0 aliphatic carbocycles. The molecule has 8 heteroatoms. The summed E-state index contributed by atoms with van der Waals surface area (Å²) in [5.41, 5.74) is 0.623. The molecule has 2 aromatic rings. The van der Waals surface area contributed by atoms with Gasteiger partial charge in [-0.15, -0.1) is 0 Å². The van der Waals surface area contributed by atoms with E-state index in [1.165, 1.54) is 16.8 Å². The maximum absolute atomic E-state index is 12.5. The zero-order chi connectivity index (χ0) is 16.3. The fourth-order valence-electron chi connectivity index (χ4n) is 2.62. The summed E-state index contributed by atoms with van der Waals surface area (Å²) < 4.78 is 26.4. The number of carbonyl (C=O) groups excluding carboxylic acids is 1. The van der Waals surface area contributed by atoms with Gasteiger partial charge in [0.25, 0.3) is 15.9 Å². The molecule has 0 radical (unpaired) electrons. The Bertz CT molecular complexity index is 759. The van der Waals surface area contributed by atoms with Crippen LogP contribution in [0.2, 0.25) is 0 Å². The Kier molecular flexibility index (Phi) is 4.44. The molecule has 1 aliphatic rings. The van der Waals surface area contributed by atoms with E-state index < -0.39 is 10.0 Å². The molecule has 7 nitrogen and oxygen atoms in total. The van der Waals surface area contributed by atoms with Gasteiger partial charge < -0.3 is 9.88 Å². The van der Waals surface area contributed by atoms with E-state index in [1.54, 1.807) is 17.0 Å². The van der Waals surface area contributed by atoms with Crippen LogP contribution in [-0.2, 0) is 10.0 Å². The number of hydrogen-bond donors (Lipinski definition) is 1. The van der Waals surface area contributed by atoms with Crippen molar-refractivity contribution in [2.45, 2.75) is 11.4 Å². The summed E-state index contributed by atoms with van der Waals surface area (Å²) in [6.07, 6.45) is 3.25. The molecule has 0 unspecified atom stereocenters. The molecule has 1 N–H and O–H groups in total. The lowest BCUT2D eigenvalue weighted by molar-refractivity contribution is 0.0764. The lowest BCUT2D eigenvalue weighted by Crippen LogP contribution is -2.37. The molecule has 1 saturated heterocycles. The van der Waals surface area contributed by atoms with Gasteiger partial charge in [0, 0.05) is 31.7 Å². The fourth-order valence-corrected chi connectivity index (χ4v) is 3.99. The molecular formula is C15H18N4O3S. The minimum absolute atomic E-state index is 0.0635. The highest BCUT2D eigenvalue weighted by molar-refractivity contribution is 7.89. The SMILES string of the molecule is O=C(c1ccccc1)N1CCCN(S(=O)(=O)c2cnc[nH]2)CC1. The summed E-state index contributed by atoms with van der Waals surface area (Å²) in [6.45, 7) is 1.59. The molecule has 1 fully saturated rings. The van der Waals surface area contributed by atoms with Crippen molar-refractivity contribution < 1.29 is 13.2 Å². The van der Waals surface area contributed by atoms with Crippen LogP contribution in [0.4, 0.5) is 0 Å². The smallest absolute Gasteiger partial charge is 0.260 e. The Labute approximate surface area is 135 Å². The van der Waals surface area contributed by atoms with Gasteiger partial charge >= 0.3 is 0 Å². The van der Waals surface area contributed by atoms with Crippen LogP contribution >= 0.6 is 0 Å². The number of aromatic amines is 1. The molecule has 1 amide bonds. The molecule has 2 heterocycles.